The van der Waals surface area contributed by atoms with Gasteiger partial charge in [-0.3, -0.25) is 9.59 Å². The van der Waals surface area contributed by atoms with Gasteiger partial charge in [0.25, 0.3) is 0 Å². The number of allylic oxidation sites excluding steroid dienone is 1. The Bertz CT molecular complexity index is 507. The number of ketones is 1. The number of fused-ring (bicyclic) bond motifs is 3. The average Bonchev–Trinajstić information content (AvgIpc) is 2.50. The number of hydrogen-bond acceptors (Lipinski definition) is 3. The van der Waals surface area contributed by atoms with Gasteiger partial charge in [-0.05, 0) is 49.9 Å². The molecule has 2 fully saturated rings. The molecule has 0 saturated heterocycles. The molecule has 2 saturated carbocycles. The molecule has 0 heterocycles. The van der Waals surface area contributed by atoms with E-state index in [-0.39, 0.29) is 17.3 Å². The van der Waals surface area contributed by atoms with Gasteiger partial charge in [-0.2, -0.15) is 0 Å². The van der Waals surface area contributed by atoms with Gasteiger partial charge in [0.15, 0.2) is 0 Å². The first-order valence-electron chi connectivity index (χ1n) is 8.28. The smallest absolute Gasteiger partial charge is 0.315 e. The highest BCUT2D eigenvalue weighted by molar-refractivity contribution is 5.84. The number of ether oxygens (including phenoxy) is 1. The van der Waals surface area contributed by atoms with Gasteiger partial charge in [-0.1, -0.05) is 25.5 Å². The van der Waals surface area contributed by atoms with Crippen LogP contribution >= 0.6 is 0 Å². The molecule has 21 heavy (non-hydrogen) atoms. The van der Waals surface area contributed by atoms with Crippen LogP contribution in [0.5, 0.6) is 0 Å². The van der Waals surface area contributed by atoms with Gasteiger partial charge in [0.1, 0.15) is 5.78 Å². The molecule has 0 aromatic carbocycles. The second kappa shape index (κ2) is 4.96. The normalized spacial score (nSPS) is 42.6. The molecule has 0 aliphatic heterocycles. The molecule has 3 rings (SSSR count). The van der Waals surface area contributed by atoms with E-state index in [1.165, 1.54) is 12.7 Å². The molecular weight excluding hydrogens is 264 g/mol. The van der Waals surface area contributed by atoms with Gasteiger partial charge in [-0.25, -0.2) is 0 Å². The Morgan fingerprint density at radius 1 is 1.33 bits per heavy atom. The average molecular weight is 290 g/mol. The number of carbonyl (C=O) groups is 2. The standard InChI is InChI=1S/C18H26O3/c1-12-13-7-11-18(16(20)21-3)9-5-4-6-15(18)17(13,2)10-8-14(12)19/h6,12-13H,4-5,7-11H2,1-3H3/t12-,13-,17-,18-/m0/s1. The Kier molecular flexibility index (Phi) is 3.50. The van der Waals surface area contributed by atoms with Gasteiger partial charge in [0.05, 0.1) is 12.5 Å². The SMILES string of the molecule is COC(=O)[C@]12CCCC=C1[C@@]1(C)CCC(=O)[C@@H](C)[C@@H]1CC2. The van der Waals surface area contributed by atoms with Crippen LogP contribution < -0.4 is 0 Å². The van der Waals surface area contributed by atoms with E-state index >= 15 is 0 Å². The monoisotopic (exact) mass is 290 g/mol. The fourth-order valence-corrected chi connectivity index (χ4v) is 5.41. The van der Waals surface area contributed by atoms with E-state index in [9.17, 15) is 9.59 Å². The van der Waals surface area contributed by atoms with Crippen LogP contribution in [0.1, 0.15) is 58.8 Å². The van der Waals surface area contributed by atoms with E-state index in [2.05, 4.69) is 19.9 Å². The molecule has 0 aromatic heterocycles. The molecule has 0 aromatic rings. The van der Waals surface area contributed by atoms with Crippen molar-refractivity contribution in [1.29, 1.82) is 0 Å². The minimum Gasteiger partial charge on any atom is -0.468 e. The lowest BCUT2D eigenvalue weighted by Gasteiger charge is -2.56. The second-order valence-corrected chi connectivity index (χ2v) is 7.40. The number of methoxy groups -OCH3 is 1. The van der Waals surface area contributed by atoms with Crippen LogP contribution in [0.2, 0.25) is 0 Å². The van der Waals surface area contributed by atoms with E-state index < -0.39 is 5.41 Å². The van der Waals surface area contributed by atoms with Crippen molar-refractivity contribution in [2.45, 2.75) is 58.8 Å². The Hall–Kier alpha value is -1.12. The van der Waals surface area contributed by atoms with Crippen LogP contribution in [0.25, 0.3) is 0 Å². The maximum atomic E-state index is 12.6. The maximum absolute atomic E-state index is 12.6. The number of carbonyl (C=O) groups excluding carboxylic acids is 2. The van der Waals surface area contributed by atoms with E-state index in [4.69, 9.17) is 4.74 Å². The molecule has 0 unspecified atom stereocenters. The summed E-state index contributed by atoms with van der Waals surface area (Å²) in [5.74, 6) is 0.861. The van der Waals surface area contributed by atoms with Gasteiger partial charge < -0.3 is 4.74 Å². The molecule has 3 nitrogen and oxygen atoms in total. The minimum atomic E-state index is -0.404. The van der Waals surface area contributed by atoms with E-state index in [1.54, 1.807) is 0 Å². The van der Waals surface area contributed by atoms with Gasteiger partial charge in [0, 0.05) is 12.3 Å². The highest BCUT2D eigenvalue weighted by Crippen LogP contribution is 2.63. The zero-order chi connectivity index (χ0) is 15.3. The number of Topliss-reactive ketones (excluding diaryl/α,β-unsaturated/α-hetero) is 1. The lowest BCUT2D eigenvalue weighted by atomic mass is 9.46. The summed E-state index contributed by atoms with van der Waals surface area (Å²) in [6.45, 7) is 4.37. The molecule has 3 aliphatic rings. The van der Waals surface area contributed by atoms with Crippen molar-refractivity contribution in [3.63, 3.8) is 0 Å². The quantitative estimate of drug-likeness (QED) is 0.546. The Morgan fingerprint density at radius 2 is 2.10 bits per heavy atom. The van der Waals surface area contributed by atoms with E-state index in [0.29, 0.717) is 18.1 Å². The third-order valence-electron chi connectivity index (χ3n) is 6.57. The first-order valence-corrected chi connectivity index (χ1v) is 8.28. The second-order valence-electron chi connectivity index (χ2n) is 7.40. The minimum absolute atomic E-state index is 0.000185. The van der Waals surface area contributed by atoms with Gasteiger partial charge in [0.2, 0.25) is 0 Å². The van der Waals surface area contributed by atoms with Crippen LogP contribution in [-0.4, -0.2) is 18.9 Å². The third-order valence-corrected chi connectivity index (χ3v) is 6.57. The number of esters is 1. The van der Waals surface area contributed by atoms with Crippen molar-refractivity contribution < 1.29 is 14.3 Å². The molecule has 0 bridgehead atoms. The summed E-state index contributed by atoms with van der Waals surface area (Å²) in [4.78, 5) is 24.7. The lowest BCUT2D eigenvalue weighted by Crippen LogP contribution is -2.53. The number of hydrogen-bond donors (Lipinski definition) is 0. The first kappa shape index (κ1) is 14.8. The summed E-state index contributed by atoms with van der Waals surface area (Å²) in [5.41, 5.74) is 0.891. The van der Waals surface area contributed by atoms with Crippen molar-refractivity contribution in [2.24, 2.45) is 22.7 Å². The molecule has 0 amide bonds. The summed E-state index contributed by atoms with van der Waals surface area (Å²) < 4.78 is 5.18. The van der Waals surface area contributed by atoms with Gasteiger partial charge in [-0.15, -0.1) is 0 Å². The highest BCUT2D eigenvalue weighted by Gasteiger charge is 2.58. The van der Waals surface area contributed by atoms with Crippen molar-refractivity contribution in [3.8, 4) is 0 Å². The summed E-state index contributed by atoms with van der Waals surface area (Å²) in [5, 5.41) is 0. The zero-order valence-electron chi connectivity index (χ0n) is 13.4. The van der Waals surface area contributed by atoms with Crippen LogP contribution in [0.3, 0.4) is 0 Å². The molecule has 3 heteroatoms. The Balaban J connectivity index is 2.06. The molecule has 3 aliphatic carbocycles. The summed E-state index contributed by atoms with van der Waals surface area (Å²) in [6.07, 6.45) is 8.70. The highest BCUT2D eigenvalue weighted by atomic mass is 16.5. The molecule has 4 atom stereocenters. The fourth-order valence-electron chi connectivity index (χ4n) is 5.41. The predicted octanol–water partition coefficient (Wildman–Crippen LogP) is 3.67. The van der Waals surface area contributed by atoms with E-state index in [1.807, 2.05) is 0 Å². The molecular formula is C18H26O3. The van der Waals surface area contributed by atoms with Gasteiger partial charge >= 0.3 is 5.97 Å². The summed E-state index contributed by atoms with van der Waals surface area (Å²) in [7, 11) is 1.50. The maximum Gasteiger partial charge on any atom is 0.315 e. The van der Waals surface area contributed by atoms with Crippen molar-refractivity contribution >= 4 is 11.8 Å². The molecule has 0 radical (unpaired) electrons. The Morgan fingerprint density at radius 3 is 2.81 bits per heavy atom. The van der Waals surface area contributed by atoms with Crippen molar-refractivity contribution in [2.75, 3.05) is 7.11 Å². The van der Waals surface area contributed by atoms with Crippen molar-refractivity contribution in [3.05, 3.63) is 11.6 Å². The molecule has 116 valence electrons. The number of rotatable bonds is 1. The molecule has 0 spiro atoms. The predicted molar refractivity (Wildman–Crippen MR) is 80.6 cm³/mol. The fraction of sp³-hybridized carbons (Fsp3) is 0.778. The van der Waals surface area contributed by atoms with Crippen LogP contribution in [0, 0.1) is 22.7 Å². The topological polar surface area (TPSA) is 43.4 Å². The van der Waals surface area contributed by atoms with Crippen LogP contribution in [0.15, 0.2) is 11.6 Å². The lowest BCUT2D eigenvalue weighted by molar-refractivity contribution is -0.156. The summed E-state index contributed by atoms with van der Waals surface area (Å²) in [6, 6.07) is 0. The van der Waals surface area contributed by atoms with Crippen LogP contribution in [-0.2, 0) is 14.3 Å². The third kappa shape index (κ3) is 1.92. The van der Waals surface area contributed by atoms with E-state index in [0.717, 1.165) is 38.5 Å². The Labute approximate surface area is 127 Å². The zero-order valence-corrected chi connectivity index (χ0v) is 13.4. The first-order chi connectivity index (χ1) is 9.95. The molecule has 0 N–H and O–H groups in total. The van der Waals surface area contributed by atoms with Crippen molar-refractivity contribution in [1.82, 2.24) is 0 Å². The van der Waals surface area contributed by atoms with Crippen LogP contribution in [0.4, 0.5) is 0 Å². The largest absolute Gasteiger partial charge is 0.468 e. The summed E-state index contributed by atoms with van der Waals surface area (Å²) >= 11 is 0.